The molecule has 0 aliphatic heterocycles. The third-order valence-corrected chi connectivity index (χ3v) is 3.54. The molecule has 2 aromatic rings. The Morgan fingerprint density at radius 2 is 2.39 bits per heavy atom. The van der Waals surface area contributed by atoms with Crippen LogP contribution in [-0.4, -0.2) is 21.5 Å². The highest BCUT2D eigenvalue weighted by atomic mass is 32.1. The maximum atomic E-state index is 5.20. The Kier molecular flexibility index (Phi) is 3.10. The zero-order valence-corrected chi connectivity index (χ0v) is 10.9. The van der Waals surface area contributed by atoms with Crippen LogP contribution in [0.25, 0.3) is 0 Å². The summed E-state index contributed by atoms with van der Waals surface area (Å²) in [6, 6.07) is 3.89. The van der Waals surface area contributed by atoms with Crippen LogP contribution in [0.5, 0.6) is 5.88 Å². The Morgan fingerprint density at radius 3 is 3.17 bits per heavy atom. The minimum atomic E-state index is 0.602. The standard InChI is InChI=1S/C12H14N4OS/c1-17-11-9(3-2-6-13-11)7-14-12-15-10(16-18-12)8-4-5-8/h2-3,6,8H,4-5,7H2,1H3,(H,14,15,16). The van der Waals surface area contributed by atoms with Crippen molar-refractivity contribution in [1.29, 1.82) is 0 Å². The second-order valence-electron chi connectivity index (χ2n) is 4.26. The second-order valence-corrected chi connectivity index (χ2v) is 5.01. The summed E-state index contributed by atoms with van der Waals surface area (Å²) in [4.78, 5) is 8.64. The van der Waals surface area contributed by atoms with Gasteiger partial charge in [0.2, 0.25) is 11.0 Å². The number of rotatable bonds is 5. The van der Waals surface area contributed by atoms with Crippen LogP contribution in [0.2, 0.25) is 0 Å². The number of nitrogens with zero attached hydrogens (tertiary/aromatic N) is 3. The molecule has 0 saturated heterocycles. The molecule has 6 heteroatoms. The Bertz CT molecular complexity index is 538. The smallest absolute Gasteiger partial charge is 0.218 e. The normalized spacial score (nSPS) is 14.5. The molecule has 0 atom stereocenters. The summed E-state index contributed by atoms with van der Waals surface area (Å²) in [5.41, 5.74) is 1.02. The molecule has 1 aliphatic carbocycles. The average molecular weight is 262 g/mol. The quantitative estimate of drug-likeness (QED) is 0.896. The van der Waals surface area contributed by atoms with E-state index in [-0.39, 0.29) is 0 Å². The van der Waals surface area contributed by atoms with E-state index in [9.17, 15) is 0 Å². The highest BCUT2D eigenvalue weighted by Crippen LogP contribution is 2.39. The Labute approximate surface area is 109 Å². The molecule has 0 unspecified atom stereocenters. The monoisotopic (exact) mass is 262 g/mol. The number of nitrogens with one attached hydrogen (secondary N) is 1. The average Bonchev–Trinajstić information content (AvgIpc) is 3.16. The zero-order valence-electron chi connectivity index (χ0n) is 10.1. The molecule has 2 aromatic heterocycles. The molecule has 1 saturated carbocycles. The summed E-state index contributed by atoms with van der Waals surface area (Å²) in [5.74, 6) is 2.24. The Balaban J connectivity index is 1.65. The SMILES string of the molecule is COc1ncccc1CNc1nc(C2CC2)ns1. The van der Waals surface area contributed by atoms with Crippen molar-refractivity contribution in [2.45, 2.75) is 25.3 Å². The molecular formula is C12H14N4OS. The topological polar surface area (TPSA) is 59.9 Å². The van der Waals surface area contributed by atoms with Crippen LogP contribution in [0.4, 0.5) is 5.13 Å². The van der Waals surface area contributed by atoms with Gasteiger partial charge in [0.1, 0.15) is 5.82 Å². The lowest BCUT2D eigenvalue weighted by molar-refractivity contribution is 0.393. The van der Waals surface area contributed by atoms with E-state index in [1.807, 2.05) is 12.1 Å². The predicted octanol–water partition coefficient (Wildman–Crippen LogP) is 2.43. The molecular weight excluding hydrogens is 248 g/mol. The molecule has 18 heavy (non-hydrogen) atoms. The maximum absolute atomic E-state index is 5.20. The molecule has 0 radical (unpaired) electrons. The van der Waals surface area contributed by atoms with Crippen molar-refractivity contribution in [1.82, 2.24) is 14.3 Å². The number of ether oxygens (including phenoxy) is 1. The first-order valence-corrected chi connectivity index (χ1v) is 6.69. The fourth-order valence-electron chi connectivity index (χ4n) is 1.73. The van der Waals surface area contributed by atoms with Gasteiger partial charge >= 0.3 is 0 Å². The highest BCUT2D eigenvalue weighted by molar-refractivity contribution is 7.09. The molecule has 2 heterocycles. The lowest BCUT2D eigenvalue weighted by Gasteiger charge is -2.06. The summed E-state index contributed by atoms with van der Waals surface area (Å²) in [6.07, 6.45) is 4.18. The third kappa shape index (κ3) is 2.43. The van der Waals surface area contributed by atoms with Crippen molar-refractivity contribution < 1.29 is 4.74 Å². The fraction of sp³-hybridized carbons (Fsp3) is 0.417. The van der Waals surface area contributed by atoms with E-state index < -0.39 is 0 Å². The van der Waals surface area contributed by atoms with E-state index in [1.165, 1.54) is 24.4 Å². The molecule has 0 amide bonds. The van der Waals surface area contributed by atoms with Crippen LogP contribution >= 0.6 is 11.5 Å². The summed E-state index contributed by atoms with van der Waals surface area (Å²) < 4.78 is 9.56. The number of anilines is 1. The third-order valence-electron chi connectivity index (χ3n) is 2.86. The van der Waals surface area contributed by atoms with Crippen LogP contribution < -0.4 is 10.1 Å². The zero-order chi connectivity index (χ0) is 12.4. The number of methoxy groups -OCH3 is 1. The molecule has 94 valence electrons. The highest BCUT2D eigenvalue weighted by Gasteiger charge is 2.27. The van der Waals surface area contributed by atoms with Crippen molar-refractivity contribution in [3.8, 4) is 5.88 Å². The Hall–Kier alpha value is -1.69. The minimum Gasteiger partial charge on any atom is -0.481 e. The maximum Gasteiger partial charge on any atom is 0.218 e. The van der Waals surface area contributed by atoms with E-state index in [0.29, 0.717) is 18.3 Å². The molecule has 0 bridgehead atoms. The van der Waals surface area contributed by atoms with E-state index in [4.69, 9.17) is 4.74 Å². The number of hydrogen-bond acceptors (Lipinski definition) is 6. The molecule has 1 fully saturated rings. The first-order chi connectivity index (χ1) is 8.86. The van der Waals surface area contributed by atoms with E-state index in [2.05, 4.69) is 19.7 Å². The molecule has 5 nitrogen and oxygen atoms in total. The van der Waals surface area contributed by atoms with E-state index in [1.54, 1.807) is 13.3 Å². The summed E-state index contributed by atoms with van der Waals surface area (Å²) in [6.45, 7) is 0.649. The van der Waals surface area contributed by atoms with Gasteiger partial charge in [-0.05, 0) is 18.9 Å². The van der Waals surface area contributed by atoms with Crippen molar-refractivity contribution >= 4 is 16.7 Å². The molecule has 1 N–H and O–H groups in total. The van der Waals surface area contributed by atoms with Gasteiger partial charge in [0.15, 0.2) is 0 Å². The van der Waals surface area contributed by atoms with Crippen molar-refractivity contribution in [3.63, 3.8) is 0 Å². The van der Waals surface area contributed by atoms with Gasteiger partial charge in [-0.3, -0.25) is 0 Å². The van der Waals surface area contributed by atoms with E-state index in [0.717, 1.165) is 16.5 Å². The summed E-state index contributed by atoms with van der Waals surface area (Å²) in [7, 11) is 1.63. The van der Waals surface area contributed by atoms with Crippen molar-refractivity contribution in [2.24, 2.45) is 0 Å². The molecule has 3 rings (SSSR count). The van der Waals surface area contributed by atoms with Gasteiger partial charge in [0, 0.05) is 35.8 Å². The Morgan fingerprint density at radius 1 is 1.50 bits per heavy atom. The van der Waals surface area contributed by atoms with Gasteiger partial charge in [0.25, 0.3) is 0 Å². The number of pyridine rings is 1. The lowest BCUT2D eigenvalue weighted by Crippen LogP contribution is -2.02. The molecule has 1 aliphatic rings. The first kappa shape index (κ1) is 11.4. The van der Waals surface area contributed by atoms with Gasteiger partial charge in [0.05, 0.1) is 7.11 Å². The van der Waals surface area contributed by atoms with Crippen LogP contribution in [0.3, 0.4) is 0 Å². The lowest BCUT2D eigenvalue weighted by atomic mass is 10.3. The fourth-order valence-corrected chi connectivity index (χ4v) is 2.37. The van der Waals surface area contributed by atoms with Gasteiger partial charge < -0.3 is 10.1 Å². The van der Waals surface area contributed by atoms with Crippen LogP contribution in [0.1, 0.15) is 30.1 Å². The van der Waals surface area contributed by atoms with Gasteiger partial charge in [-0.25, -0.2) is 9.97 Å². The van der Waals surface area contributed by atoms with Crippen molar-refractivity contribution in [3.05, 3.63) is 29.7 Å². The van der Waals surface area contributed by atoms with Crippen molar-refractivity contribution in [2.75, 3.05) is 12.4 Å². The molecule has 0 spiro atoms. The van der Waals surface area contributed by atoms with Crippen LogP contribution in [0.15, 0.2) is 18.3 Å². The molecule has 0 aromatic carbocycles. The predicted molar refractivity (Wildman–Crippen MR) is 70.0 cm³/mol. The minimum absolute atomic E-state index is 0.602. The van der Waals surface area contributed by atoms with Gasteiger partial charge in [-0.1, -0.05) is 6.07 Å². The van der Waals surface area contributed by atoms with E-state index >= 15 is 0 Å². The number of aromatic nitrogens is 3. The first-order valence-electron chi connectivity index (χ1n) is 5.92. The largest absolute Gasteiger partial charge is 0.481 e. The second kappa shape index (κ2) is 4.89. The van der Waals surface area contributed by atoms with Crippen LogP contribution in [0, 0.1) is 0 Å². The van der Waals surface area contributed by atoms with Gasteiger partial charge in [-0.15, -0.1) is 0 Å². The van der Waals surface area contributed by atoms with Crippen LogP contribution in [-0.2, 0) is 6.54 Å². The summed E-state index contributed by atoms with van der Waals surface area (Å²) in [5, 5.41) is 4.13. The number of hydrogen-bond donors (Lipinski definition) is 1. The van der Waals surface area contributed by atoms with Gasteiger partial charge in [-0.2, -0.15) is 4.37 Å². The summed E-state index contributed by atoms with van der Waals surface area (Å²) >= 11 is 1.42.